The number of allylic oxidation sites excluding steroid dienone is 3. The van der Waals surface area contributed by atoms with Gasteiger partial charge in [-0.05, 0) is 82.1 Å². The molecule has 2 aromatic rings. The summed E-state index contributed by atoms with van der Waals surface area (Å²) >= 11 is 0. The van der Waals surface area contributed by atoms with Crippen LogP contribution in [0.25, 0.3) is 10.9 Å². The van der Waals surface area contributed by atoms with E-state index >= 15 is 0 Å². The van der Waals surface area contributed by atoms with Gasteiger partial charge in [0.15, 0.2) is 6.61 Å². The fourth-order valence-electron chi connectivity index (χ4n) is 4.29. The summed E-state index contributed by atoms with van der Waals surface area (Å²) in [5.41, 5.74) is 6.76. The number of fused-ring (bicyclic) bond motifs is 3. The van der Waals surface area contributed by atoms with Gasteiger partial charge in [0.1, 0.15) is 5.75 Å². The van der Waals surface area contributed by atoms with E-state index in [9.17, 15) is 4.79 Å². The molecule has 1 aliphatic rings. The van der Waals surface area contributed by atoms with Crippen molar-refractivity contribution >= 4 is 16.9 Å². The van der Waals surface area contributed by atoms with Crippen LogP contribution in [-0.4, -0.2) is 24.3 Å². The molecule has 0 saturated heterocycles. The number of methoxy groups -OCH3 is 1. The predicted molar refractivity (Wildman–Crippen MR) is 119 cm³/mol. The number of carbonyl (C=O) groups is 1. The highest BCUT2D eigenvalue weighted by atomic mass is 16.6. The second kappa shape index (κ2) is 9.82. The Morgan fingerprint density at radius 3 is 2.79 bits per heavy atom. The summed E-state index contributed by atoms with van der Waals surface area (Å²) in [6.45, 7) is 8.97. The molecule has 0 radical (unpaired) electrons. The Morgan fingerprint density at radius 1 is 1.28 bits per heavy atom. The summed E-state index contributed by atoms with van der Waals surface area (Å²) in [5.74, 6) is 0.437. The maximum Gasteiger partial charge on any atom is 0.343 e. The third-order valence-corrected chi connectivity index (χ3v) is 5.92. The van der Waals surface area contributed by atoms with E-state index in [1.807, 2.05) is 6.08 Å². The van der Waals surface area contributed by atoms with E-state index < -0.39 is 0 Å². The maximum atomic E-state index is 11.6. The fourth-order valence-corrected chi connectivity index (χ4v) is 4.29. The van der Waals surface area contributed by atoms with Crippen LogP contribution in [0, 0.1) is 6.92 Å². The Hall–Kier alpha value is -2.49. The highest BCUT2D eigenvalue weighted by molar-refractivity contribution is 5.92. The molecular weight excluding hydrogens is 362 g/mol. The van der Waals surface area contributed by atoms with E-state index in [1.54, 1.807) is 0 Å². The molecule has 4 nitrogen and oxygen atoms in total. The molecule has 4 heteroatoms. The van der Waals surface area contributed by atoms with Crippen molar-refractivity contribution in [3.63, 3.8) is 0 Å². The Labute approximate surface area is 174 Å². The Kier molecular flexibility index (Phi) is 7.18. The van der Waals surface area contributed by atoms with Crippen molar-refractivity contribution in [2.75, 3.05) is 13.7 Å². The van der Waals surface area contributed by atoms with Gasteiger partial charge in [-0.2, -0.15) is 0 Å². The van der Waals surface area contributed by atoms with Crippen molar-refractivity contribution in [1.29, 1.82) is 0 Å². The Bertz CT molecular complexity index is 920. The molecular formula is C25H33NO3. The van der Waals surface area contributed by atoms with E-state index in [0.717, 1.165) is 49.8 Å². The SMILES string of the molecule is C=CCCC/C(=C\C)Cn1c(C)cc2c(OCC(=O)OC)cc3c(c21)CCCC3. The Morgan fingerprint density at radius 2 is 2.07 bits per heavy atom. The first kappa shape index (κ1) is 21.2. The van der Waals surface area contributed by atoms with Gasteiger partial charge in [-0.1, -0.05) is 17.7 Å². The lowest BCUT2D eigenvalue weighted by Crippen LogP contribution is -2.14. The van der Waals surface area contributed by atoms with E-state index in [4.69, 9.17) is 9.47 Å². The second-order valence-corrected chi connectivity index (χ2v) is 7.85. The molecule has 0 aliphatic heterocycles. The number of hydrogen-bond acceptors (Lipinski definition) is 3. The smallest absolute Gasteiger partial charge is 0.343 e. The van der Waals surface area contributed by atoms with Crippen LogP contribution in [-0.2, 0) is 28.9 Å². The number of aryl methyl sites for hydroxylation is 3. The van der Waals surface area contributed by atoms with Gasteiger partial charge in [0, 0.05) is 17.6 Å². The monoisotopic (exact) mass is 395 g/mol. The number of benzene rings is 1. The highest BCUT2D eigenvalue weighted by Crippen LogP contribution is 2.38. The Balaban J connectivity index is 2.02. The molecule has 0 N–H and O–H groups in total. The predicted octanol–water partition coefficient (Wildman–Crippen LogP) is 5.68. The van der Waals surface area contributed by atoms with Gasteiger partial charge in [0.25, 0.3) is 0 Å². The van der Waals surface area contributed by atoms with E-state index in [-0.39, 0.29) is 12.6 Å². The van der Waals surface area contributed by atoms with Crippen molar-refractivity contribution in [2.45, 2.75) is 65.3 Å². The van der Waals surface area contributed by atoms with Crippen LogP contribution in [0.4, 0.5) is 0 Å². The molecule has 1 aromatic heterocycles. The van der Waals surface area contributed by atoms with Crippen LogP contribution >= 0.6 is 0 Å². The maximum absolute atomic E-state index is 11.6. The summed E-state index contributed by atoms with van der Waals surface area (Å²) in [6.07, 6.45) is 12.1. The van der Waals surface area contributed by atoms with Gasteiger partial charge in [-0.25, -0.2) is 4.79 Å². The number of aromatic nitrogens is 1. The minimum Gasteiger partial charge on any atom is -0.481 e. The van der Waals surface area contributed by atoms with Crippen molar-refractivity contribution in [3.8, 4) is 5.75 Å². The summed E-state index contributed by atoms with van der Waals surface area (Å²) in [5, 5.41) is 1.11. The number of ether oxygens (including phenoxy) is 2. The molecule has 0 atom stereocenters. The third kappa shape index (κ3) is 4.75. The number of rotatable bonds is 9. The molecule has 0 fully saturated rings. The van der Waals surface area contributed by atoms with E-state index in [1.165, 1.54) is 47.9 Å². The number of esters is 1. The van der Waals surface area contributed by atoms with Gasteiger partial charge in [0.2, 0.25) is 0 Å². The molecule has 0 unspecified atom stereocenters. The average molecular weight is 396 g/mol. The summed E-state index contributed by atoms with van der Waals surface area (Å²) in [7, 11) is 1.39. The van der Waals surface area contributed by atoms with E-state index in [2.05, 4.69) is 43.2 Å². The minimum atomic E-state index is -0.356. The van der Waals surface area contributed by atoms with Crippen molar-refractivity contribution < 1.29 is 14.3 Å². The van der Waals surface area contributed by atoms with Crippen molar-refractivity contribution in [2.24, 2.45) is 0 Å². The molecule has 0 amide bonds. The summed E-state index contributed by atoms with van der Waals surface area (Å²) in [4.78, 5) is 11.6. The van der Waals surface area contributed by atoms with Crippen LogP contribution in [0.1, 0.15) is 55.8 Å². The minimum absolute atomic E-state index is 0.0592. The third-order valence-electron chi connectivity index (χ3n) is 5.92. The van der Waals surface area contributed by atoms with Crippen LogP contribution in [0.5, 0.6) is 5.75 Å². The van der Waals surface area contributed by atoms with Gasteiger partial charge >= 0.3 is 5.97 Å². The zero-order chi connectivity index (χ0) is 20.8. The molecule has 29 heavy (non-hydrogen) atoms. The highest BCUT2D eigenvalue weighted by Gasteiger charge is 2.21. The largest absolute Gasteiger partial charge is 0.481 e. The van der Waals surface area contributed by atoms with Crippen molar-refractivity contribution in [1.82, 2.24) is 4.57 Å². The normalized spacial score (nSPS) is 14.0. The first-order valence-corrected chi connectivity index (χ1v) is 10.7. The number of hydrogen-bond donors (Lipinski definition) is 0. The summed E-state index contributed by atoms with van der Waals surface area (Å²) in [6, 6.07) is 4.35. The van der Waals surface area contributed by atoms with Crippen LogP contribution in [0.15, 0.2) is 36.4 Å². The van der Waals surface area contributed by atoms with E-state index in [0.29, 0.717) is 0 Å². The van der Waals surface area contributed by atoms with Crippen LogP contribution in [0.2, 0.25) is 0 Å². The molecule has 3 rings (SSSR count). The van der Waals surface area contributed by atoms with Crippen molar-refractivity contribution in [3.05, 3.63) is 53.3 Å². The topological polar surface area (TPSA) is 40.5 Å². The zero-order valence-electron chi connectivity index (χ0n) is 18.1. The van der Waals surface area contributed by atoms with Gasteiger partial charge in [0.05, 0.1) is 12.6 Å². The molecule has 1 aromatic carbocycles. The lowest BCUT2D eigenvalue weighted by atomic mass is 9.89. The van der Waals surface area contributed by atoms with Gasteiger partial charge < -0.3 is 14.0 Å². The lowest BCUT2D eigenvalue weighted by molar-refractivity contribution is -0.142. The number of carbonyl (C=O) groups excluding carboxylic acids is 1. The first-order chi connectivity index (χ1) is 14.1. The summed E-state index contributed by atoms with van der Waals surface area (Å²) < 4.78 is 13.1. The molecule has 1 aliphatic carbocycles. The van der Waals surface area contributed by atoms with Crippen LogP contribution < -0.4 is 4.74 Å². The number of nitrogens with zero attached hydrogens (tertiary/aromatic N) is 1. The molecule has 0 saturated carbocycles. The van der Waals surface area contributed by atoms with Gasteiger partial charge in [-0.15, -0.1) is 6.58 Å². The quantitative estimate of drug-likeness (QED) is 0.311. The second-order valence-electron chi connectivity index (χ2n) is 7.85. The standard InChI is InChI=1S/C25H33NO3/c1-5-7-8-11-19(6-2)16-26-18(3)14-22-23(29-17-24(27)28-4)15-20-12-9-10-13-21(20)25(22)26/h5-6,14-15H,1,7-13,16-17H2,2-4H3/b19-6+. The lowest BCUT2D eigenvalue weighted by Gasteiger charge is -2.21. The van der Waals surface area contributed by atoms with Crippen LogP contribution in [0.3, 0.4) is 0 Å². The molecule has 156 valence electrons. The molecule has 0 bridgehead atoms. The van der Waals surface area contributed by atoms with Gasteiger partial charge in [-0.3, -0.25) is 0 Å². The molecule has 0 spiro atoms. The fraction of sp³-hybridized carbons (Fsp3) is 0.480. The zero-order valence-corrected chi connectivity index (χ0v) is 18.1. The number of unbranched alkanes of at least 4 members (excludes halogenated alkanes) is 1. The first-order valence-electron chi connectivity index (χ1n) is 10.7. The molecule has 1 heterocycles. The average Bonchev–Trinajstić information content (AvgIpc) is 3.07.